The van der Waals surface area contributed by atoms with E-state index in [1.165, 1.54) is 24.3 Å². The fourth-order valence-corrected chi connectivity index (χ4v) is 8.13. The van der Waals surface area contributed by atoms with Gasteiger partial charge in [0.25, 0.3) is 0 Å². The highest BCUT2D eigenvalue weighted by molar-refractivity contribution is 7.95. The number of hydrogen-bond donors (Lipinski definition) is 0. The zero-order valence-electron chi connectivity index (χ0n) is 19.4. The minimum absolute atomic E-state index is 0.0491. The third-order valence-corrected chi connectivity index (χ3v) is 10.3. The van der Waals surface area contributed by atoms with Gasteiger partial charge in [0.2, 0.25) is 9.84 Å². The molecular weight excluding hydrogens is 488 g/mol. The van der Waals surface area contributed by atoms with Gasteiger partial charge >= 0.3 is 5.97 Å². The van der Waals surface area contributed by atoms with Crippen LogP contribution < -0.4 is 0 Å². The zero-order chi connectivity index (χ0) is 25.1. The van der Waals surface area contributed by atoms with E-state index in [9.17, 15) is 21.6 Å². The van der Waals surface area contributed by atoms with Crippen molar-refractivity contribution >= 4 is 25.6 Å². The van der Waals surface area contributed by atoms with Crippen LogP contribution in [0.2, 0.25) is 0 Å². The first-order chi connectivity index (χ1) is 16.8. The summed E-state index contributed by atoms with van der Waals surface area (Å²) >= 11 is 0. The second kappa shape index (κ2) is 10.5. The lowest BCUT2D eigenvalue weighted by molar-refractivity contribution is -0.156. The smallest absolute Gasteiger partial charge is 0.335 e. The first-order valence-electron chi connectivity index (χ1n) is 11.6. The number of carbonyl (C=O) groups excluding carboxylic acids is 1. The summed E-state index contributed by atoms with van der Waals surface area (Å²) in [6.45, 7) is 1.64. The average Bonchev–Trinajstić information content (AvgIpc) is 2.85. The van der Waals surface area contributed by atoms with Crippen molar-refractivity contribution in [1.82, 2.24) is 0 Å². The molecule has 0 amide bonds. The van der Waals surface area contributed by atoms with Crippen LogP contribution in [-0.2, 0) is 33.9 Å². The molecule has 2 aliphatic rings. The normalized spacial score (nSPS) is 22.8. The van der Waals surface area contributed by atoms with E-state index in [0.29, 0.717) is 30.4 Å². The van der Waals surface area contributed by atoms with E-state index in [-0.39, 0.29) is 34.3 Å². The van der Waals surface area contributed by atoms with Crippen LogP contribution >= 0.6 is 0 Å². The quantitative estimate of drug-likeness (QED) is 0.534. The van der Waals surface area contributed by atoms with Gasteiger partial charge in [0.05, 0.1) is 33.2 Å². The standard InChI is InChI=1S/C26H28O7S2/c1-2-32-26(27)23-17-21-22(18-33-23)25(35(30,31)20-13-7-4-8-14-20)16-10-9-15-24(21)34(28,29)19-11-5-3-6-12-19/h3-8,11-14,16,23-24H,2,9-10,15,17-18H2,1H3/b25-16+. The van der Waals surface area contributed by atoms with Gasteiger partial charge in [0, 0.05) is 6.42 Å². The SMILES string of the molecule is CCOC(=O)C1CC2=C(CO1)/C(S(=O)(=O)c1ccccc1)=C\CCCC2S(=O)(=O)c1ccccc1. The van der Waals surface area contributed by atoms with Crippen LogP contribution in [-0.4, -0.2) is 47.4 Å². The number of carbonyl (C=O) groups is 1. The van der Waals surface area contributed by atoms with Crippen molar-refractivity contribution in [3.63, 3.8) is 0 Å². The lowest BCUT2D eigenvalue weighted by Crippen LogP contribution is -2.38. The minimum Gasteiger partial charge on any atom is -0.464 e. The average molecular weight is 517 g/mol. The third-order valence-electron chi connectivity index (χ3n) is 6.25. The summed E-state index contributed by atoms with van der Waals surface area (Å²) in [4.78, 5) is 12.8. The molecule has 1 heterocycles. The number of benzene rings is 2. The van der Waals surface area contributed by atoms with E-state index < -0.39 is 37.0 Å². The highest BCUT2D eigenvalue weighted by atomic mass is 32.2. The van der Waals surface area contributed by atoms with Crippen molar-refractivity contribution in [2.24, 2.45) is 0 Å². The van der Waals surface area contributed by atoms with Crippen molar-refractivity contribution in [2.75, 3.05) is 13.2 Å². The molecule has 0 fully saturated rings. The predicted octanol–water partition coefficient (Wildman–Crippen LogP) is 4.02. The van der Waals surface area contributed by atoms with Crippen LogP contribution in [0.15, 0.2) is 92.6 Å². The van der Waals surface area contributed by atoms with Crippen LogP contribution in [0.25, 0.3) is 0 Å². The molecular formula is C26H28O7S2. The molecule has 0 N–H and O–H groups in total. The van der Waals surface area contributed by atoms with Crippen molar-refractivity contribution < 1.29 is 31.1 Å². The Hall–Kier alpha value is -2.75. The second-order valence-electron chi connectivity index (χ2n) is 8.42. The van der Waals surface area contributed by atoms with Gasteiger partial charge in [-0.3, -0.25) is 0 Å². The lowest BCUT2D eigenvalue weighted by Gasteiger charge is -2.33. The topological polar surface area (TPSA) is 104 Å². The maximum atomic E-state index is 13.8. The molecule has 2 aromatic rings. The molecule has 0 spiro atoms. The van der Waals surface area contributed by atoms with Gasteiger partial charge in [0.1, 0.15) is 0 Å². The first-order valence-corrected chi connectivity index (χ1v) is 14.6. The zero-order valence-corrected chi connectivity index (χ0v) is 21.1. The number of hydrogen-bond acceptors (Lipinski definition) is 7. The highest BCUT2D eigenvalue weighted by Gasteiger charge is 2.41. The van der Waals surface area contributed by atoms with Gasteiger partial charge in [-0.1, -0.05) is 42.5 Å². The Balaban J connectivity index is 1.88. The van der Waals surface area contributed by atoms with Crippen LogP contribution in [0.1, 0.15) is 32.6 Å². The van der Waals surface area contributed by atoms with Crippen LogP contribution in [0, 0.1) is 0 Å². The Morgan fingerprint density at radius 3 is 2.23 bits per heavy atom. The van der Waals surface area contributed by atoms with Gasteiger partial charge in [-0.05, 0) is 61.6 Å². The summed E-state index contributed by atoms with van der Waals surface area (Å²) in [7, 11) is -7.80. The van der Waals surface area contributed by atoms with Crippen molar-refractivity contribution in [2.45, 2.75) is 53.8 Å². The molecule has 1 aliphatic carbocycles. The molecule has 0 aromatic heterocycles. The Labute approximate surface area is 206 Å². The lowest BCUT2D eigenvalue weighted by atomic mass is 9.91. The Morgan fingerprint density at radius 1 is 0.971 bits per heavy atom. The molecule has 2 aromatic carbocycles. The number of esters is 1. The molecule has 4 rings (SSSR count). The van der Waals surface area contributed by atoms with E-state index in [4.69, 9.17) is 9.47 Å². The van der Waals surface area contributed by atoms with E-state index >= 15 is 0 Å². The van der Waals surface area contributed by atoms with Crippen molar-refractivity contribution in [1.29, 1.82) is 0 Å². The molecule has 35 heavy (non-hydrogen) atoms. The molecule has 186 valence electrons. The van der Waals surface area contributed by atoms with E-state index in [1.807, 2.05) is 0 Å². The summed E-state index contributed by atoms with van der Waals surface area (Å²) in [5, 5.41) is -0.976. The van der Waals surface area contributed by atoms with Gasteiger partial charge in [0.15, 0.2) is 15.9 Å². The van der Waals surface area contributed by atoms with Crippen molar-refractivity contribution in [3.05, 3.63) is 82.8 Å². The van der Waals surface area contributed by atoms with Crippen molar-refractivity contribution in [3.8, 4) is 0 Å². The second-order valence-corrected chi connectivity index (χ2v) is 12.5. The Kier molecular flexibility index (Phi) is 7.59. The largest absolute Gasteiger partial charge is 0.464 e. The van der Waals surface area contributed by atoms with Gasteiger partial charge in [-0.2, -0.15) is 0 Å². The van der Waals surface area contributed by atoms with Crippen LogP contribution in [0.5, 0.6) is 0 Å². The van der Waals surface area contributed by atoms with Crippen LogP contribution in [0.4, 0.5) is 0 Å². The predicted molar refractivity (Wildman–Crippen MR) is 131 cm³/mol. The summed E-state index contributed by atoms with van der Waals surface area (Å²) in [6.07, 6.45) is 1.79. The number of sulfone groups is 2. The molecule has 9 heteroatoms. The fourth-order valence-electron chi connectivity index (χ4n) is 4.55. The number of rotatable bonds is 6. The summed E-state index contributed by atoms with van der Waals surface area (Å²) in [5.41, 5.74) is 0.724. The molecule has 0 saturated heterocycles. The monoisotopic (exact) mass is 516 g/mol. The molecule has 1 aliphatic heterocycles. The summed E-state index contributed by atoms with van der Waals surface area (Å²) < 4.78 is 65.7. The Morgan fingerprint density at radius 2 is 1.60 bits per heavy atom. The third kappa shape index (κ3) is 5.12. The van der Waals surface area contributed by atoms with E-state index in [1.54, 1.807) is 49.4 Å². The molecule has 2 unspecified atom stereocenters. The maximum Gasteiger partial charge on any atom is 0.335 e. The van der Waals surface area contributed by atoms with Gasteiger partial charge in [-0.25, -0.2) is 21.6 Å². The molecule has 0 saturated carbocycles. The van der Waals surface area contributed by atoms with Gasteiger partial charge in [-0.15, -0.1) is 0 Å². The summed E-state index contributed by atoms with van der Waals surface area (Å²) in [5.74, 6) is -0.589. The van der Waals surface area contributed by atoms with Crippen LogP contribution in [0.3, 0.4) is 0 Å². The first kappa shape index (κ1) is 25.3. The molecule has 7 nitrogen and oxygen atoms in total. The van der Waals surface area contributed by atoms with E-state index in [2.05, 4.69) is 0 Å². The minimum atomic E-state index is -3.94. The molecule has 0 bridgehead atoms. The van der Waals surface area contributed by atoms with Gasteiger partial charge < -0.3 is 9.47 Å². The fraction of sp³-hybridized carbons (Fsp3) is 0.346. The highest BCUT2D eigenvalue weighted by Crippen LogP contribution is 2.40. The Bertz CT molecular complexity index is 1340. The van der Waals surface area contributed by atoms with E-state index in [0.717, 1.165) is 0 Å². The number of allylic oxidation sites excluding steroid dienone is 1. The molecule has 2 atom stereocenters. The molecule has 0 radical (unpaired) electrons. The summed E-state index contributed by atoms with van der Waals surface area (Å²) in [6, 6.07) is 16.2. The maximum absolute atomic E-state index is 13.8. The number of ether oxygens (including phenoxy) is 2.